The molecule has 0 radical (unpaired) electrons. The maximum Gasteiger partial charge on any atom is 0.330 e. The quantitative estimate of drug-likeness (QED) is 0.392. The number of hydrogen-bond acceptors (Lipinski definition) is 4. The molecule has 0 amide bonds. The summed E-state index contributed by atoms with van der Waals surface area (Å²) in [6.07, 6.45) is 11.4. The second-order valence-corrected chi connectivity index (χ2v) is 8.16. The van der Waals surface area contributed by atoms with Gasteiger partial charge in [0.25, 0.3) is 0 Å². The predicted molar refractivity (Wildman–Crippen MR) is 125 cm³/mol. The summed E-state index contributed by atoms with van der Waals surface area (Å²) in [6, 6.07) is 10.3. The molecule has 1 aliphatic carbocycles. The van der Waals surface area contributed by atoms with E-state index in [1.165, 1.54) is 75.4 Å². The fourth-order valence-corrected chi connectivity index (χ4v) is 3.87. The number of aliphatic carboxylic acids is 1. The Bertz CT molecular complexity index is 748. The number of anilines is 1. The van der Waals surface area contributed by atoms with E-state index in [4.69, 9.17) is 10.9 Å². The molecule has 0 atom stereocenters. The molecule has 30 heavy (non-hydrogen) atoms. The van der Waals surface area contributed by atoms with Gasteiger partial charge in [-0.1, -0.05) is 43.7 Å². The highest BCUT2D eigenvalue weighted by Gasteiger charge is 2.19. The van der Waals surface area contributed by atoms with E-state index in [0.717, 1.165) is 18.7 Å². The number of hydrazine groups is 1. The van der Waals surface area contributed by atoms with Crippen LogP contribution in [-0.4, -0.2) is 35.6 Å². The standard InChI is InChI=1S/C21H31N3.C4H6O2/c1-18-19(14-17-23-15-7-2-3-8-16-23)10-9-13-21(18)24(22)20-11-5-4-6-12-20;1-3(2)4(5)6/h4-6,11-12,14H,2-3,7-10,13,15-17,22H2,1H3;1H2,2H3,(H,5,6)/b19-14+;. The minimum atomic E-state index is -0.935. The van der Waals surface area contributed by atoms with Crippen LogP contribution >= 0.6 is 0 Å². The van der Waals surface area contributed by atoms with Gasteiger partial charge in [-0.15, -0.1) is 0 Å². The van der Waals surface area contributed by atoms with Gasteiger partial charge in [-0.3, -0.25) is 9.91 Å². The minimum absolute atomic E-state index is 0.176. The van der Waals surface area contributed by atoms with Gasteiger partial charge in [-0.25, -0.2) is 10.6 Å². The fraction of sp³-hybridized carbons (Fsp3) is 0.480. The molecule has 1 aromatic rings. The maximum atomic E-state index is 9.60. The molecule has 3 rings (SSSR count). The predicted octanol–water partition coefficient (Wildman–Crippen LogP) is 5.27. The second kappa shape index (κ2) is 12.4. The number of carbonyl (C=O) groups is 1. The van der Waals surface area contributed by atoms with E-state index >= 15 is 0 Å². The lowest BCUT2D eigenvalue weighted by atomic mass is 9.91. The lowest BCUT2D eigenvalue weighted by Gasteiger charge is -2.29. The molecule has 1 fully saturated rings. The van der Waals surface area contributed by atoms with Crippen molar-refractivity contribution >= 4 is 11.7 Å². The summed E-state index contributed by atoms with van der Waals surface area (Å²) in [4.78, 5) is 12.2. The number of para-hydroxylation sites is 1. The number of rotatable bonds is 5. The summed E-state index contributed by atoms with van der Waals surface area (Å²) in [5.41, 5.74) is 5.39. The van der Waals surface area contributed by atoms with Crippen LogP contribution in [0.2, 0.25) is 0 Å². The molecule has 0 bridgehead atoms. The summed E-state index contributed by atoms with van der Waals surface area (Å²) in [5, 5.41) is 9.77. The third kappa shape index (κ3) is 7.47. The van der Waals surface area contributed by atoms with Crippen LogP contribution in [0.5, 0.6) is 0 Å². The number of likely N-dealkylation sites (tertiary alicyclic amines) is 1. The summed E-state index contributed by atoms with van der Waals surface area (Å²) in [6.45, 7) is 10.4. The zero-order valence-corrected chi connectivity index (χ0v) is 18.6. The molecule has 1 saturated heterocycles. The zero-order valence-electron chi connectivity index (χ0n) is 18.6. The Labute approximate surface area is 181 Å². The van der Waals surface area contributed by atoms with Crippen molar-refractivity contribution in [2.75, 3.05) is 24.6 Å². The van der Waals surface area contributed by atoms with Crippen LogP contribution < -0.4 is 10.9 Å². The maximum absolute atomic E-state index is 9.60. The first-order chi connectivity index (χ1) is 14.4. The highest BCUT2D eigenvalue weighted by atomic mass is 16.4. The van der Waals surface area contributed by atoms with Crippen LogP contribution in [0.15, 0.2) is 65.4 Å². The molecule has 0 spiro atoms. The molecule has 2 aliphatic rings. The third-order valence-corrected chi connectivity index (χ3v) is 5.76. The number of nitrogens with two attached hydrogens (primary N) is 1. The summed E-state index contributed by atoms with van der Waals surface area (Å²) < 4.78 is 0. The van der Waals surface area contributed by atoms with Gasteiger partial charge >= 0.3 is 5.97 Å². The van der Waals surface area contributed by atoms with Crippen molar-refractivity contribution in [2.45, 2.75) is 58.8 Å². The summed E-state index contributed by atoms with van der Waals surface area (Å²) in [5.74, 6) is 5.48. The van der Waals surface area contributed by atoms with E-state index in [2.05, 4.69) is 36.6 Å². The van der Waals surface area contributed by atoms with Gasteiger partial charge in [-0.05, 0) is 82.3 Å². The lowest BCUT2D eigenvalue weighted by molar-refractivity contribution is -0.132. The first kappa shape index (κ1) is 23.9. The molecule has 0 unspecified atom stereocenters. The minimum Gasteiger partial charge on any atom is -0.478 e. The zero-order chi connectivity index (χ0) is 21.9. The molecular weight excluding hydrogens is 374 g/mol. The topological polar surface area (TPSA) is 69.8 Å². The van der Waals surface area contributed by atoms with Gasteiger partial charge in [0.15, 0.2) is 0 Å². The number of nitrogens with zero attached hydrogens (tertiary/aromatic N) is 2. The molecule has 0 saturated carbocycles. The Hall–Kier alpha value is -2.37. The van der Waals surface area contributed by atoms with E-state index < -0.39 is 5.97 Å². The van der Waals surface area contributed by atoms with E-state index in [-0.39, 0.29) is 5.57 Å². The molecule has 164 valence electrons. The van der Waals surface area contributed by atoms with Gasteiger partial charge in [0, 0.05) is 17.8 Å². The molecule has 0 aromatic heterocycles. The van der Waals surface area contributed by atoms with Crippen molar-refractivity contribution in [3.8, 4) is 0 Å². The highest BCUT2D eigenvalue weighted by Crippen LogP contribution is 2.32. The van der Waals surface area contributed by atoms with Crippen molar-refractivity contribution in [3.05, 3.63) is 65.4 Å². The lowest BCUT2D eigenvalue weighted by Crippen LogP contribution is -2.32. The SMILES string of the molecule is C=C(C)C(=O)O.CC1=C(N(N)c2ccccc2)CCC/C1=C\CN1CCCCCC1. The average molecular weight is 412 g/mol. The van der Waals surface area contributed by atoms with Crippen LogP contribution in [-0.2, 0) is 4.79 Å². The van der Waals surface area contributed by atoms with Crippen LogP contribution in [0.25, 0.3) is 0 Å². The molecular formula is C25H37N3O2. The Morgan fingerprint density at radius 2 is 1.73 bits per heavy atom. The Morgan fingerprint density at radius 3 is 2.30 bits per heavy atom. The molecule has 1 aliphatic heterocycles. The Morgan fingerprint density at radius 1 is 1.13 bits per heavy atom. The van der Waals surface area contributed by atoms with E-state index in [9.17, 15) is 4.79 Å². The number of carboxylic acids is 1. The van der Waals surface area contributed by atoms with Crippen molar-refractivity contribution < 1.29 is 9.90 Å². The first-order valence-corrected chi connectivity index (χ1v) is 11.0. The largest absolute Gasteiger partial charge is 0.478 e. The van der Waals surface area contributed by atoms with E-state index in [1.54, 1.807) is 0 Å². The Balaban J connectivity index is 0.000000469. The van der Waals surface area contributed by atoms with E-state index in [1.807, 2.05) is 23.2 Å². The molecule has 5 nitrogen and oxygen atoms in total. The molecule has 1 aromatic carbocycles. The number of carboxylic acid groups (broad SMARTS) is 1. The summed E-state index contributed by atoms with van der Waals surface area (Å²) >= 11 is 0. The molecule has 3 N–H and O–H groups in total. The Kier molecular flexibility index (Phi) is 9.84. The normalized spacial score (nSPS) is 19.0. The van der Waals surface area contributed by atoms with Crippen LogP contribution in [0, 0.1) is 0 Å². The molecule has 1 heterocycles. The number of allylic oxidation sites excluding steroid dienone is 3. The van der Waals surface area contributed by atoms with Gasteiger partial charge in [0.2, 0.25) is 0 Å². The van der Waals surface area contributed by atoms with Gasteiger partial charge < -0.3 is 5.11 Å². The van der Waals surface area contributed by atoms with Crippen molar-refractivity contribution in [3.63, 3.8) is 0 Å². The number of hydrogen-bond donors (Lipinski definition) is 2. The third-order valence-electron chi connectivity index (χ3n) is 5.76. The number of benzene rings is 1. The monoisotopic (exact) mass is 411 g/mol. The van der Waals surface area contributed by atoms with Gasteiger partial charge in [0.1, 0.15) is 0 Å². The smallest absolute Gasteiger partial charge is 0.330 e. The second-order valence-electron chi connectivity index (χ2n) is 8.16. The average Bonchev–Trinajstić information content (AvgIpc) is 3.02. The van der Waals surface area contributed by atoms with Crippen LogP contribution in [0.3, 0.4) is 0 Å². The van der Waals surface area contributed by atoms with Gasteiger partial charge in [-0.2, -0.15) is 0 Å². The first-order valence-electron chi connectivity index (χ1n) is 11.0. The van der Waals surface area contributed by atoms with Crippen molar-refractivity contribution in [1.29, 1.82) is 0 Å². The van der Waals surface area contributed by atoms with Crippen LogP contribution in [0.1, 0.15) is 58.8 Å². The molecule has 5 heteroatoms. The fourth-order valence-electron chi connectivity index (χ4n) is 3.87. The van der Waals surface area contributed by atoms with E-state index in [0.29, 0.717) is 0 Å². The van der Waals surface area contributed by atoms with Crippen molar-refractivity contribution in [2.24, 2.45) is 5.84 Å². The van der Waals surface area contributed by atoms with Crippen LogP contribution in [0.4, 0.5) is 5.69 Å². The highest BCUT2D eigenvalue weighted by molar-refractivity contribution is 5.84. The van der Waals surface area contributed by atoms with Crippen molar-refractivity contribution in [1.82, 2.24) is 4.90 Å². The van der Waals surface area contributed by atoms with Gasteiger partial charge in [0.05, 0.1) is 5.69 Å². The summed E-state index contributed by atoms with van der Waals surface area (Å²) in [7, 11) is 0.